The first-order valence-corrected chi connectivity index (χ1v) is 13.3. The molecule has 182 valence electrons. The van der Waals surface area contributed by atoms with Gasteiger partial charge in [0.2, 0.25) is 5.91 Å². The van der Waals surface area contributed by atoms with Gasteiger partial charge in [-0.15, -0.1) is 0 Å². The van der Waals surface area contributed by atoms with Gasteiger partial charge in [0.05, 0.1) is 5.92 Å². The number of nitrogens with one attached hydrogen (secondary N) is 1. The van der Waals surface area contributed by atoms with Crippen molar-refractivity contribution in [3.63, 3.8) is 0 Å². The number of hydrogen-bond donors (Lipinski definition) is 1. The molecule has 1 saturated carbocycles. The van der Waals surface area contributed by atoms with Crippen molar-refractivity contribution in [2.24, 2.45) is 0 Å². The Morgan fingerprint density at radius 2 is 1.79 bits per heavy atom. The molecule has 3 aliphatic rings. The van der Waals surface area contributed by atoms with E-state index in [2.05, 4.69) is 27.1 Å². The topological polar surface area (TPSA) is 61.4 Å². The van der Waals surface area contributed by atoms with E-state index in [9.17, 15) is 4.79 Å². The molecule has 1 aromatic carbocycles. The van der Waals surface area contributed by atoms with Gasteiger partial charge in [0, 0.05) is 55.0 Å². The van der Waals surface area contributed by atoms with Crippen LogP contribution in [0.4, 0.5) is 5.82 Å². The van der Waals surface area contributed by atoms with Crippen LogP contribution >= 0.6 is 11.6 Å². The second-order valence-electron chi connectivity index (χ2n) is 10.2. The van der Waals surface area contributed by atoms with Crippen molar-refractivity contribution in [2.75, 3.05) is 37.6 Å². The first-order chi connectivity index (χ1) is 16.6. The van der Waals surface area contributed by atoms with Gasteiger partial charge in [-0.1, -0.05) is 49.9 Å². The molecule has 2 heterocycles. The average molecular weight is 482 g/mol. The van der Waals surface area contributed by atoms with Crippen molar-refractivity contribution in [3.05, 3.63) is 52.4 Å². The van der Waals surface area contributed by atoms with E-state index in [4.69, 9.17) is 11.6 Å². The highest BCUT2D eigenvalue weighted by Crippen LogP contribution is 2.37. The first kappa shape index (κ1) is 23.6. The third-order valence-electron chi connectivity index (χ3n) is 7.93. The van der Waals surface area contributed by atoms with Gasteiger partial charge in [0.1, 0.15) is 12.1 Å². The minimum atomic E-state index is -0.186. The molecule has 0 radical (unpaired) electrons. The van der Waals surface area contributed by atoms with Crippen LogP contribution in [0.2, 0.25) is 5.02 Å². The van der Waals surface area contributed by atoms with Crippen LogP contribution < -0.4 is 10.2 Å². The summed E-state index contributed by atoms with van der Waals surface area (Å²) in [7, 11) is 0. The van der Waals surface area contributed by atoms with Crippen LogP contribution in [0.15, 0.2) is 30.6 Å². The molecule has 6 nitrogen and oxygen atoms in total. The largest absolute Gasteiger partial charge is 0.353 e. The maximum Gasteiger partial charge on any atom is 0.231 e. The Labute approximate surface area is 208 Å². The highest BCUT2D eigenvalue weighted by molar-refractivity contribution is 6.30. The van der Waals surface area contributed by atoms with E-state index in [-0.39, 0.29) is 11.8 Å². The summed E-state index contributed by atoms with van der Waals surface area (Å²) in [4.78, 5) is 27.3. The number of hydrogen-bond acceptors (Lipinski definition) is 5. The normalized spacial score (nSPS) is 22.0. The summed E-state index contributed by atoms with van der Waals surface area (Å²) in [5, 5.41) is 4.42. The third kappa shape index (κ3) is 5.08. The number of carbonyl (C=O) groups is 1. The van der Waals surface area contributed by atoms with E-state index in [1.165, 1.54) is 43.4 Å². The second kappa shape index (κ2) is 10.6. The number of amides is 1. The molecular weight excluding hydrogens is 446 g/mol. The van der Waals surface area contributed by atoms with Crippen molar-refractivity contribution in [1.29, 1.82) is 0 Å². The molecule has 1 aromatic heterocycles. The zero-order valence-corrected chi connectivity index (χ0v) is 20.9. The first-order valence-electron chi connectivity index (χ1n) is 13.0. The predicted molar refractivity (Wildman–Crippen MR) is 137 cm³/mol. The van der Waals surface area contributed by atoms with Gasteiger partial charge >= 0.3 is 0 Å². The average Bonchev–Trinajstić information content (AvgIpc) is 3.27. The molecule has 2 atom stereocenters. The minimum Gasteiger partial charge on any atom is -0.353 e. The molecule has 1 N–H and O–H groups in total. The third-order valence-corrected chi connectivity index (χ3v) is 8.18. The van der Waals surface area contributed by atoms with Crippen LogP contribution in [-0.2, 0) is 11.2 Å². The van der Waals surface area contributed by atoms with E-state index < -0.39 is 0 Å². The SMILES string of the molecule is C[C@@H]1CCc2ncnc(N3CCN(C(=O)[C@H](CNC4CCCCC4)c4ccc(Cl)cc4)CC3)c21. The number of aromatic nitrogens is 2. The maximum atomic E-state index is 13.7. The van der Waals surface area contributed by atoms with Gasteiger partial charge in [0.15, 0.2) is 0 Å². The Balaban J connectivity index is 1.27. The van der Waals surface area contributed by atoms with Gasteiger partial charge in [0.25, 0.3) is 0 Å². The lowest BCUT2D eigenvalue weighted by Crippen LogP contribution is -2.51. The van der Waals surface area contributed by atoms with E-state index in [0.29, 0.717) is 23.5 Å². The number of anilines is 1. The van der Waals surface area contributed by atoms with Gasteiger partial charge in [-0.2, -0.15) is 0 Å². The van der Waals surface area contributed by atoms with Crippen LogP contribution in [0.1, 0.15) is 74.1 Å². The lowest BCUT2D eigenvalue weighted by molar-refractivity contribution is -0.133. The number of benzene rings is 1. The van der Waals surface area contributed by atoms with E-state index in [1.54, 1.807) is 6.33 Å². The van der Waals surface area contributed by atoms with E-state index in [0.717, 1.165) is 50.4 Å². The molecule has 1 aliphatic heterocycles. The summed E-state index contributed by atoms with van der Waals surface area (Å²) in [5.41, 5.74) is 3.56. The summed E-state index contributed by atoms with van der Waals surface area (Å²) in [6.07, 6.45) is 10.2. The van der Waals surface area contributed by atoms with Crippen LogP contribution in [-0.4, -0.2) is 59.5 Å². The number of aryl methyl sites for hydroxylation is 1. The van der Waals surface area contributed by atoms with E-state index in [1.807, 2.05) is 29.2 Å². The highest BCUT2D eigenvalue weighted by Gasteiger charge is 2.32. The molecule has 0 spiro atoms. The summed E-state index contributed by atoms with van der Waals surface area (Å²) in [6, 6.07) is 8.33. The van der Waals surface area contributed by atoms with Gasteiger partial charge in [-0.3, -0.25) is 4.79 Å². The molecule has 1 saturated heterocycles. The molecule has 1 amide bonds. The zero-order chi connectivity index (χ0) is 23.5. The fourth-order valence-electron chi connectivity index (χ4n) is 5.87. The second-order valence-corrected chi connectivity index (χ2v) is 10.6. The van der Waals surface area contributed by atoms with Crippen molar-refractivity contribution >= 4 is 23.3 Å². The monoisotopic (exact) mass is 481 g/mol. The fourth-order valence-corrected chi connectivity index (χ4v) is 5.99. The highest BCUT2D eigenvalue weighted by atomic mass is 35.5. The molecule has 2 aromatic rings. The minimum absolute atomic E-state index is 0.186. The maximum absolute atomic E-state index is 13.7. The van der Waals surface area contributed by atoms with Gasteiger partial charge in [-0.05, 0) is 49.3 Å². The van der Waals surface area contributed by atoms with Crippen molar-refractivity contribution in [2.45, 2.75) is 69.7 Å². The van der Waals surface area contributed by atoms with Crippen LogP contribution in [0.5, 0.6) is 0 Å². The molecule has 7 heteroatoms. The Hall–Kier alpha value is -2.18. The quantitative estimate of drug-likeness (QED) is 0.656. The number of fused-ring (bicyclic) bond motifs is 1. The number of piperazine rings is 1. The van der Waals surface area contributed by atoms with Crippen molar-refractivity contribution in [3.8, 4) is 0 Å². The Bertz CT molecular complexity index is 983. The fraction of sp³-hybridized carbons (Fsp3) is 0.593. The molecule has 5 rings (SSSR count). The molecule has 0 bridgehead atoms. The smallest absolute Gasteiger partial charge is 0.231 e. The van der Waals surface area contributed by atoms with Crippen LogP contribution in [0.25, 0.3) is 0 Å². The summed E-state index contributed by atoms with van der Waals surface area (Å²) in [6.45, 7) is 6.02. The zero-order valence-electron chi connectivity index (χ0n) is 20.2. The lowest BCUT2D eigenvalue weighted by atomic mass is 9.93. The Kier molecular flexibility index (Phi) is 7.35. The van der Waals surface area contributed by atoms with Crippen molar-refractivity contribution in [1.82, 2.24) is 20.2 Å². The van der Waals surface area contributed by atoms with E-state index >= 15 is 0 Å². The molecule has 2 fully saturated rings. The summed E-state index contributed by atoms with van der Waals surface area (Å²) >= 11 is 6.14. The lowest BCUT2D eigenvalue weighted by Gasteiger charge is -2.38. The van der Waals surface area contributed by atoms with Crippen molar-refractivity contribution < 1.29 is 4.79 Å². The Morgan fingerprint density at radius 1 is 1.06 bits per heavy atom. The number of carbonyl (C=O) groups excluding carboxylic acids is 1. The summed E-state index contributed by atoms with van der Waals surface area (Å²) in [5.74, 6) is 1.61. The van der Waals surface area contributed by atoms with Crippen LogP contribution in [0.3, 0.4) is 0 Å². The van der Waals surface area contributed by atoms with Gasteiger partial charge < -0.3 is 15.1 Å². The predicted octanol–water partition coefficient (Wildman–Crippen LogP) is 4.53. The molecule has 2 aliphatic carbocycles. The number of halogens is 1. The molecular formula is C27H36ClN5O. The summed E-state index contributed by atoms with van der Waals surface area (Å²) < 4.78 is 0. The van der Waals surface area contributed by atoms with Crippen LogP contribution in [0, 0.1) is 0 Å². The van der Waals surface area contributed by atoms with Gasteiger partial charge in [-0.25, -0.2) is 9.97 Å². The number of nitrogens with zero attached hydrogens (tertiary/aromatic N) is 4. The number of rotatable bonds is 6. The molecule has 0 unspecified atom stereocenters. The standard InChI is InChI=1S/C27H36ClN5O/c1-19-7-12-24-25(19)26(31-18-30-24)32-13-15-33(16-14-32)27(34)23(20-8-10-21(28)11-9-20)17-29-22-5-3-2-4-6-22/h8-11,18-19,22-23,29H,2-7,12-17H2,1H3/t19-,23-/m1/s1. The Morgan fingerprint density at radius 3 is 2.53 bits per heavy atom. The molecule has 34 heavy (non-hydrogen) atoms.